The lowest BCUT2D eigenvalue weighted by Gasteiger charge is -2.19. The van der Waals surface area contributed by atoms with E-state index in [1.807, 2.05) is 25.1 Å². The van der Waals surface area contributed by atoms with Crippen molar-refractivity contribution in [1.29, 1.82) is 0 Å². The molecule has 0 N–H and O–H groups in total. The molecule has 1 aromatic heterocycles. The second-order valence-corrected chi connectivity index (χ2v) is 5.66. The van der Waals surface area contributed by atoms with Gasteiger partial charge >= 0.3 is 0 Å². The first-order valence-electron chi connectivity index (χ1n) is 7.06. The van der Waals surface area contributed by atoms with Crippen molar-refractivity contribution < 1.29 is 4.74 Å². The van der Waals surface area contributed by atoms with Crippen LogP contribution in [0.2, 0.25) is 5.15 Å². The lowest BCUT2D eigenvalue weighted by atomic mass is 9.97. The average Bonchev–Trinajstić information content (AvgIpc) is 2.96. The molecule has 1 aliphatic rings. The molecule has 1 aliphatic heterocycles. The van der Waals surface area contributed by atoms with E-state index in [1.165, 1.54) is 5.56 Å². The first-order chi connectivity index (χ1) is 10.2. The number of methoxy groups -OCH3 is 1. The van der Waals surface area contributed by atoms with Gasteiger partial charge in [0.25, 0.3) is 0 Å². The van der Waals surface area contributed by atoms with Gasteiger partial charge in [0.15, 0.2) is 0 Å². The maximum Gasteiger partial charge on any atom is 0.134 e. The Hall–Kier alpha value is -1.81. The topological polar surface area (TPSA) is 38.2 Å². The van der Waals surface area contributed by atoms with E-state index in [0.717, 1.165) is 31.1 Å². The SMILES string of the molecule is COc1ccccc1C1CCN(c2cc(Cl)nc(C)n2)C1. The van der Waals surface area contributed by atoms with E-state index in [1.54, 1.807) is 7.11 Å². The summed E-state index contributed by atoms with van der Waals surface area (Å²) in [5.74, 6) is 3.03. The van der Waals surface area contributed by atoms with Crippen molar-refractivity contribution >= 4 is 17.4 Å². The quantitative estimate of drug-likeness (QED) is 0.814. The Morgan fingerprint density at radius 3 is 2.86 bits per heavy atom. The second-order valence-electron chi connectivity index (χ2n) is 5.27. The highest BCUT2D eigenvalue weighted by atomic mass is 35.5. The van der Waals surface area contributed by atoms with E-state index in [4.69, 9.17) is 16.3 Å². The minimum absolute atomic E-state index is 0.454. The van der Waals surface area contributed by atoms with Gasteiger partial charge in [-0.25, -0.2) is 9.97 Å². The summed E-state index contributed by atoms with van der Waals surface area (Å²) in [6.07, 6.45) is 1.08. The summed E-state index contributed by atoms with van der Waals surface area (Å²) in [4.78, 5) is 10.9. The van der Waals surface area contributed by atoms with Crippen molar-refractivity contribution in [3.8, 4) is 5.75 Å². The number of aromatic nitrogens is 2. The first-order valence-corrected chi connectivity index (χ1v) is 7.44. The fourth-order valence-corrected chi connectivity index (χ4v) is 3.12. The Morgan fingerprint density at radius 1 is 1.29 bits per heavy atom. The Bertz CT molecular complexity index is 627. The molecule has 0 aliphatic carbocycles. The average molecular weight is 304 g/mol. The Balaban J connectivity index is 1.82. The minimum Gasteiger partial charge on any atom is -0.496 e. The van der Waals surface area contributed by atoms with Crippen LogP contribution in [0.5, 0.6) is 5.75 Å². The fourth-order valence-electron chi connectivity index (χ4n) is 2.90. The zero-order valence-electron chi connectivity index (χ0n) is 12.2. The molecule has 1 atom stereocenters. The molecular weight excluding hydrogens is 286 g/mol. The van der Waals surface area contributed by atoms with Crippen molar-refractivity contribution in [2.24, 2.45) is 0 Å². The van der Waals surface area contributed by atoms with Gasteiger partial charge in [-0.1, -0.05) is 29.8 Å². The summed E-state index contributed by atoms with van der Waals surface area (Å²) in [7, 11) is 1.72. The van der Waals surface area contributed by atoms with Crippen LogP contribution in [0.4, 0.5) is 5.82 Å². The summed E-state index contributed by atoms with van der Waals surface area (Å²) in [5.41, 5.74) is 1.26. The molecule has 4 nitrogen and oxygen atoms in total. The molecule has 0 amide bonds. The molecule has 1 unspecified atom stereocenters. The summed E-state index contributed by atoms with van der Waals surface area (Å²) in [5, 5.41) is 0.498. The second kappa shape index (κ2) is 5.90. The third-order valence-corrected chi connectivity index (χ3v) is 4.08. The number of nitrogens with zero attached hydrogens (tertiary/aromatic N) is 3. The Morgan fingerprint density at radius 2 is 2.10 bits per heavy atom. The summed E-state index contributed by atoms with van der Waals surface area (Å²) < 4.78 is 5.47. The number of para-hydroxylation sites is 1. The van der Waals surface area contributed by atoms with Gasteiger partial charge in [-0.05, 0) is 25.0 Å². The lowest BCUT2D eigenvalue weighted by Crippen LogP contribution is -2.21. The number of aryl methyl sites for hydroxylation is 1. The van der Waals surface area contributed by atoms with Crippen molar-refractivity contribution in [2.75, 3.05) is 25.1 Å². The number of ether oxygens (including phenoxy) is 1. The van der Waals surface area contributed by atoms with Gasteiger partial charge in [-0.3, -0.25) is 0 Å². The van der Waals surface area contributed by atoms with Gasteiger partial charge in [0, 0.05) is 25.1 Å². The van der Waals surface area contributed by atoms with Crippen LogP contribution in [0.25, 0.3) is 0 Å². The van der Waals surface area contributed by atoms with Gasteiger partial charge in [0.05, 0.1) is 7.11 Å². The number of hydrogen-bond acceptors (Lipinski definition) is 4. The van der Waals surface area contributed by atoms with Crippen LogP contribution in [0.15, 0.2) is 30.3 Å². The summed E-state index contributed by atoms with van der Waals surface area (Å²) >= 11 is 6.03. The van der Waals surface area contributed by atoms with E-state index in [2.05, 4.69) is 27.0 Å². The maximum atomic E-state index is 6.03. The van der Waals surface area contributed by atoms with Crippen molar-refractivity contribution in [3.05, 3.63) is 46.9 Å². The molecule has 2 aromatic rings. The van der Waals surface area contributed by atoms with Crippen LogP contribution in [0.3, 0.4) is 0 Å². The Labute approximate surface area is 129 Å². The molecule has 2 heterocycles. The number of benzene rings is 1. The van der Waals surface area contributed by atoms with Crippen molar-refractivity contribution in [2.45, 2.75) is 19.3 Å². The van der Waals surface area contributed by atoms with E-state index in [-0.39, 0.29) is 0 Å². The smallest absolute Gasteiger partial charge is 0.134 e. The van der Waals surface area contributed by atoms with Crippen LogP contribution in [-0.4, -0.2) is 30.2 Å². The van der Waals surface area contributed by atoms with Crippen LogP contribution >= 0.6 is 11.6 Å². The molecule has 110 valence electrons. The molecule has 0 spiro atoms. The monoisotopic (exact) mass is 303 g/mol. The molecule has 21 heavy (non-hydrogen) atoms. The fraction of sp³-hybridized carbons (Fsp3) is 0.375. The molecule has 1 saturated heterocycles. The normalized spacial score (nSPS) is 18.0. The van der Waals surface area contributed by atoms with Gasteiger partial charge in [0.2, 0.25) is 0 Å². The maximum absolute atomic E-state index is 6.03. The van der Waals surface area contributed by atoms with E-state index in [0.29, 0.717) is 16.9 Å². The lowest BCUT2D eigenvalue weighted by molar-refractivity contribution is 0.406. The standard InChI is InChI=1S/C16H18ClN3O/c1-11-18-15(17)9-16(19-11)20-8-7-12(10-20)13-5-3-4-6-14(13)21-2/h3-6,9,12H,7-8,10H2,1-2H3. The van der Waals surface area contributed by atoms with Crippen LogP contribution in [-0.2, 0) is 0 Å². The van der Waals surface area contributed by atoms with Crippen LogP contribution in [0.1, 0.15) is 23.7 Å². The number of halogens is 1. The van der Waals surface area contributed by atoms with Gasteiger partial charge < -0.3 is 9.64 Å². The van der Waals surface area contributed by atoms with Gasteiger partial charge in [-0.2, -0.15) is 0 Å². The van der Waals surface area contributed by atoms with Gasteiger partial charge in [-0.15, -0.1) is 0 Å². The minimum atomic E-state index is 0.454. The van der Waals surface area contributed by atoms with Crippen molar-refractivity contribution in [3.63, 3.8) is 0 Å². The summed E-state index contributed by atoms with van der Waals surface area (Å²) in [6, 6.07) is 10.1. The van der Waals surface area contributed by atoms with E-state index < -0.39 is 0 Å². The number of rotatable bonds is 3. The van der Waals surface area contributed by atoms with Crippen molar-refractivity contribution in [1.82, 2.24) is 9.97 Å². The predicted molar refractivity (Wildman–Crippen MR) is 84.3 cm³/mol. The predicted octanol–water partition coefficient (Wildman–Crippen LogP) is 3.44. The first kappa shape index (κ1) is 14.1. The zero-order chi connectivity index (χ0) is 14.8. The van der Waals surface area contributed by atoms with Crippen LogP contribution in [0, 0.1) is 6.92 Å². The summed E-state index contributed by atoms with van der Waals surface area (Å²) in [6.45, 7) is 3.76. The highest BCUT2D eigenvalue weighted by Gasteiger charge is 2.27. The van der Waals surface area contributed by atoms with E-state index in [9.17, 15) is 0 Å². The van der Waals surface area contributed by atoms with Gasteiger partial charge in [0.1, 0.15) is 22.5 Å². The molecule has 5 heteroatoms. The highest BCUT2D eigenvalue weighted by molar-refractivity contribution is 6.29. The molecule has 1 aromatic carbocycles. The third kappa shape index (κ3) is 2.95. The number of anilines is 1. The molecule has 3 rings (SSSR count). The molecule has 0 radical (unpaired) electrons. The van der Waals surface area contributed by atoms with E-state index >= 15 is 0 Å². The highest BCUT2D eigenvalue weighted by Crippen LogP contribution is 2.35. The molecule has 1 fully saturated rings. The zero-order valence-corrected chi connectivity index (χ0v) is 13.0. The third-order valence-electron chi connectivity index (χ3n) is 3.88. The Kier molecular flexibility index (Phi) is 3.97. The van der Waals surface area contributed by atoms with Crippen LogP contribution < -0.4 is 9.64 Å². The molecule has 0 bridgehead atoms. The molecular formula is C16H18ClN3O. The number of hydrogen-bond donors (Lipinski definition) is 0. The largest absolute Gasteiger partial charge is 0.496 e. The molecule has 0 saturated carbocycles.